The zero-order valence-corrected chi connectivity index (χ0v) is 10.1. The van der Waals surface area contributed by atoms with Gasteiger partial charge in [-0.2, -0.15) is 0 Å². The van der Waals surface area contributed by atoms with E-state index in [1.165, 1.54) is 5.56 Å². The van der Waals surface area contributed by atoms with Crippen molar-refractivity contribution in [3.05, 3.63) is 35.9 Å². The Hall–Kier alpha value is -1.35. The first-order valence-corrected chi connectivity index (χ1v) is 5.97. The van der Waals surface area contributed by atoms with Gasteiger partial charge in [-0.05, 0) is 35.8 Å². The van der Waals surface area contributed by atoms with E-state index in [9.17, 15) is 4.79 Å². The zero-order chi connectivity index (χ0) is 12.5. The first-order chi connectivity index (χ1) is 8.00. The van der Waals surface area contributed by atoms with Crippen LogP contribution < -0.4 is 5.73 Å². The van der Waals surface area contributed by atoms with Crippen LogP contribution in [0.15, 0.2) is 30.3 Å². The number of carboxylic acids is 1. The van der Waals surface area contributed by atoms with Gasteiger partial charge in [0.25, 0.3) is 0 Å². The van der Waals surface area contributed by atoms with Crippen LogP contribution in [-0.4, -0.2) is 17.6 Å². The summed E-state index contributed by atoms with van der Waals surface area (Å²) in [6.07, 6.45) is 1.92. The summed E-state index contributed by atoms with van der Waals surface area (Å²) in [5, 5.41) is 8.93. The van der Waals surface area contributed by atoms with Gasteiger partial charge in [-0.1, -0.05) is 37.3 Å². The average molecular weight is 233 g/mol. The molecular formula is C14H19NO2. The fourth-order valence-electron chi connectivity index (χ4n) is 3.31. The van der Waals surface area contributed by atoms with Gasteiger partial charge < -0.3 is 10.8 Å². The molecule has 0 atom stereocenters. The van der Waals surface area contributed by atoms with Gasteiger partial charge in [0.1, 0.15) is 0 Å². The third-order valence-electron chi connectivity index (χ3n) is 3.96. The Morgan fingerprint density at radius 3 is 2.41 bits per heavy atom. The highest BCUT2D eigenvalue weighted by Gasteiger charge is 2.52. The predicted octanol–water partition coefficient (Wildman–Crippen LogP) is 2.16. The Morgan fingerprint density at radius 1 is 1.35 bits per heavy atom. The summed E-state index contributed by atoms with van der Waals surface area (Å²) in [7, 11) is 0. The summed E-state index contributed by atoms with van der Waals surface area (Å²) in [5.74, 6) is -0.745. The molecule has 1 fully saturated rings. The van der Waals surface area contributed by atoms with Crippen molar-refractivity contribution in [2.24, 2.45) is 11.1 Å². The Bertz CT molecular complexity index is 407. The molecule has 1 saturated carbocycles. The van der Waals surface area contributed by atoms with Crippen LogP contribution in [0, 0.1) is 5.41 Å². The lowest BCUT2D eigenvalue weighted by molar-refractivity contribution is -0.142. The lowest BCUT2D eigenvalue weighted by Gasteiger charge is -2.54. The molecule has 1 aliphatic rings. The summed E-state index contributed by atoms with van der Waals surface area (Å²) in [6, 6.07) is 10.3. The van der Waals surface area contributed by atoms with E-state index < -0.39 is 5.97 Å². The minimum atomic E-state index is -0.745. The second-order valence-electron chi connectivity index (χ2n) is 5.55. The first kappa shape index (κ1) is 12.1. The van der Waals surface area contributed by atoms with Crippen molar-refractivity contribution in [2.45, 2.75) is 31.6 Å². The molecule has 1 aromatic rings. The molecule has 92 valence electrons. The van der Waals surface area contributed by atoms with Gasteiger partial charge in [0.2, 0.25) is 0 Å². The van der Waals surface area contributed by atoms with Crippen LogP contribution >= 0.6 is 0 Å². The SMILES string of the molecule is C[C@]1(c2ccccc2)C[C@@](CN)(CC(=O)O)C1. The molecule has 2 rings (SSSR count). The highest BCUT2D eigenvalue weighted by Crippen LogP contribution is 2.56. The van der Waals surface area contributed by atoms with Crippen LogP contribution in [0.25, 0.3) is 0 Å². The molecule has 1 aromatic carbocycles. The molecule has 0 radical (unpaired) electrons. The topological polar surface area (TPSA) is 63.3 Å². The largest absolute Gasteiger partial charge is 0.481 e. The minimum absolute atomic E-state index is 0.0933. The van der Waals surface area contributed by atoms with Crippen LogP contribution in [0.4, 0.5) is 0 Å². The van der Waals surface area contributed by atoms with Gasteiger partial charge in [-0.15, -0.1) is 0 Å². The molecule has 17 heavy (non-hydrogen) atoms. The van der Waals surface area contributed by atoms with E-state index in [-0.39, 0.29) is 17.3 Å². The van der Waals surface area contributed by atoms with Crippen molar-refractivity contribution in [3.63, 3.8) is 0 Å². The maximum Gasteiger partial charge on any atom is 0.303 e. The standard InChI is InChI=1S/C14H19NO2/c1-13(11-5-3-2-4-6-11)8-14(9-13,10-15)7-12(16)17/h2-6H,7-10,15H2,1H3,(H,16,17)/t13-,14-. The zero-order valence-electron chi connectivity index (χ0n) is 10.1. The van der Waals surface area contributed by atoms with Crippen molar-refractivity contribution < 1.29 is 9.90 Å². The van der Waals surface area contributed by atoms with Crippen LogP contribution in [0.3, 0.4) is 0 Å². The molecule has 3 N–H and O–H groups in total. The van der Waals surface area contributed by atoms with Crippen molar-refractivity contribution in [1.82, 2.24) is 0 Å². The molecular weight excluding hydrogens is 214 g/mol. The van der Waals surface area contributed by atoms with Gasteiger partial charge >= 0.3 is 5.97 Å². The number of aliphatic carboxylic acids is 1. The predicted molar refractivity (Wildman–Crippen MR) is 66.8 cm³/mol. The molecule has 0 amide bonds. The summed E-state index contributed by atoms with van der Waals surface area (Å²) in [4.78, 5) is 10.9. The molecule has 1 aliphatic carbocycles. The average Bonchev–Trinajstić information content (AvgIpc) is 2.27. The van der Waals surface area contributed by atoms with Crippen molar-refractivity contribution >= 4 is 5.97 Å². The summed E-state index contributed by atoms with van der Waals surface area (Å²) in [6.45, 7) is 2.65. The number of hydrogen-bond donors (Lipinski definition) is 2. The quantitative estimate of drug-likeness (QED) is 0.837. The number of carbonyl (C=O) groups is 1. The third-order valence-corrected chi connectivity index (χ3v) is 3.96. The van der Waals surface area contributed by atoms with E-state index in [1.54, 1.807) is 0 Å². The molecule has 0 aromatic heterocycles. The number of rotatable bonds is 4. The molecule has 3 heteroatoms. The lowest BCUT2D eigenvalue weighted by atomic mass is 9.50. The van der Waals surface area contributed by atoms with Gasteiger partial charge in [-0.25, -0.2) is 0 Å². The van der Waals surface area contributed by atoms with E-state index >= 15 is 0 Å². The molecule has 0 spiro atoms. The number of benzene rings is 1. The normalized spacial score (nSPS) is 31.9. The Balaban J connectivity index is 2.12. The molecule has 3 nitrogen and oxygen atoms in total. The van der Waals surface area contributed by atoms with Gasteiger partial charge in [-0.3, -0.25) is 4.79 Å². The fourth-order valence-corrected chi connectivity index (χ4v) is 3.31. The first-order valence-electron chi connectivity index (χ1n) is 5.97. The Kier molecular flexibility index (Phi) is 2.96. The fraction of sp³-hybridized carbons (Fsp3) is 0.500. The molecule has 0 saturated heterocycles. The van der Waals surface area contributed by atoms with Crippen molar-refractivity contribution in [3.8, 4) is 0 Å². The van der Waals surface area contributed by atoms with Gasteiger partial charge in [0, 0.05) is 0 Å². The summed E-state index contributed by atoms with van der Waals surface area (Å²) >= 11 is 0. The van der Waals surface area contributed by atoms with Crippen molar-refractivity contribution in [2.75, 3.05) is 6.54 Å². The molecule has 0 unspecified atom stereocenters. The summed E-state index contributed by atoms with van der Waals surface area (Å²) in [5.41, 5.74) is 6.93. The van der Waals surface area contributed by atoms with Gasteiger partial charge in [0.15, 0.2) is 0 Å². The van der Waals surface area contributed by atoms with Crippen molar-refractivity contribution in [1.29, 1.82) is 0 Å². The number of carboxylic acid groups (broad SMARTS) is 1. The van der Waals surface area contributed by atoms with E-state index in [1.807, 2.05) is 18.2 Å². The Morgan fingerprint density at radius 2 is 1.94 bits per heavy atom. The van der Waals surface area contributed by atoms with E-state index in [2.05, 4.69) is 19.1 Å². The van der Waals surface area contributed by atoms with Crippen LogP contribution in [0.1, 0.15) is 31.7 Å². The second kappa shape index (κ2) is 4.15. The number of hydrogen-bond acceptors (Lipinski definition) is 2. The molecule has 0 aliphatic heterocycles. The van der Waals surface area contributed by atoms with E-state index in [0.717, 1.165) is 12.8 Å². The third kappa shape index (κ3) is 2.20. The van der Waals surface area contributed by atoms with E-state index in [0.29, 0.717) is 6.54 Å². The van der Waals surface area contributed by atoms with Gasteiger partial charge in [0.05, 0.1) is 6.42 Å². The highest BCUT2D eigenvalue weighted by molar-refractivity contribution is 5.68. The van der Waals surface area contributed by atoms with Crippen LogP contribution in [-0.2, 0) is 10.2 Å². The summed E-state index contributed by atoms with van der Waals surface area (Å²) < 4.78 is 0. The Labute approximate surface area is 102 Å². The maximum absolute atomic E-state index is 10.9. The minimum Gasteiger partial charge on any atom is -0.481 e. The maximum atomic E-state index is 10.9. The van der Waals surface area contributed by atoms with Crippen LogP contribution in [0.2, 0.25) is 0 Å². The van der Waals surface area contributed by atoms with Crippen LogP contribution in [0.5, 0.6) is 0 Å². The molecule has 0 heterocycles. The smallest absolute Gasteiger partial charge is 0.303 e. The lowest BCUT2D eigenvalue weighted by Crippen LogP contribution is -2.52. The van der Waals surface area contributed by atoms with E-state index in [4.69, 9.17) is 10.8 Å². The highest BCUT2D eigenvalue weighted by atomic mass is 16.4. The number of nitrogens with two attached hydrogens (primary N) is 1. The molecule has 0 bridgehead atoms. The monoisotopic (exact) mass is 233 g/mol. The second-order valence-corrected chi connectivity index (χ2v) is 5.55.